The summed E-state index contributed by atoms with van der Waals surface area (Å²) >= 11 is 0. The van der Waals surface area contributed by atoms with Crippen molar-refractivity contribution in [1.29, 1.82) is 0 Å². The minimum absolute atomic E-state index is 0.122. The summed E-state index contributed by atoms with van der Waals surface area (Å²) in [6.45, 7) is 1.09. The van der Waals surface area contributed by atoms with Gasteiger partial charge in [-0.05, 0) is 17.7 Å². The summed E-state index contributed by atoms with van der Waals surface area (Å²) in [5.74, 6) is -4.17. The zero-order valence-electron chi connectivity index (χ0n) is 9.56. The van der Waals surface area contributed by atoms with Gasteiger partial charge < -0.3 is 5.32 Å². The van der Waals surface area contributed by atoms with Gasteiger partial charge in [-0.2, -0.15) is 26.3 Å². The molecule has 0 spiro atoms. The number of carbonyl (C=O) groups excluding carboxylic acids is 1. The molecule has 1 N–H and O–H groups in total. The Kier molecular flexibility index (Phi) is 4.12. The number of nitrogens with one attached hydrogen (secondary N) is 1. The quantitative estimate of drug-likeness (QED) is 0.821. The summed E-state index contributed by atoms with van der Waals surface area (Å²) < 4.78 is 74.9. The van der Waals surface area contributed by atoms with Crippen molar-refractivity contribution >= 4 is 11.6 Å². The highest BCUT2D eigenvalue weighted by molar-refractivity contribution is 5.88. The van der Waals surface area contributed by atoms with Gasteiger partial charge in [-0.1, -0.05) is 12.1 Å². The number of anilines is 1. The van der Waals surface area contributed by atoms with E-state index in [0.29, 0.717) is 6.07 Å². The van der Waals surface area contributed by atoms with Crippen LogP contribution in [0.4, 0.5) is 32.0 Å². The second kappa shape index (κ2) is 5.10. The first-order valence-corrected chi connectivity index (χ1v) is 5.03. The van der Waals surface area contributed by atoms with Crippen molar-refractivity contribution < 1.29 is 31.1 Å². The third-order valence-electron chi connectivity index (χ3n) is 2.19. The first-order chi connectivity index (χ1) is 8.51. The molecule has 19 heavy (non-hydrogen) atoms. The highest BCUT2D eigenvalue weighted by atomic mass is 19.4. The van der Waals surface area contributed by atoms with Gasteiger partial charge in [0, 0.05) is 12.6 Å². The lowest BCUT2D eigenvalue weighted by atomic mass is 9.97. The van der Waals surface area contributed by atoms with E-state index in [1.165, 1.54) is 6.07 Å². The number of alkyl halides is 6. The van der Waals surface area contributed by atoms with Gasteiger partial charge in [0.05, 0.1) is 0 Å². The van der Waals surface area contributed by atoms with Crippen LogP contribution in [0.15, 0.2) is 24.3 Å². The molecule has 0 bridgehead atoms. The van der Waals surface area contributed by atoms with E-state index in [-0.39, 0.29) is 5.69 Å². The summed E-state index contributed by atoms with van der Waals surface area (Å²) in [5.41, 5.74) is -1.09. The maximum Gasteiger partial charge on any atom is 0.404 e. The normalized spacial score (nSPS) is 12.6. The average Bonchev–Trinajstić information content (AvgIpc) is 2.11. The second-order valence-electron chi connectivity index (χ2n) is 3.82. The molecule has 1 aromatic carbocycles. The molecule has 106 valence electrons. The van der Waals surface area contributed by atoms with E-state index in [9.17, 15) is 31.1 Å². The first-order valence-electron chi connectivity index (χ1n) is 5.03. The number of hydrogen-bond donors (Lipinski definition) is 1. The maximum atomic E-state index is 12.5. The lowest BCUT2D eigenvalue weighted by Crippen LogP contribution is -2.34. The third-order valence-corrected chi connectivity index (χ3v) is 2.19. The maximum absolute atomic E-state index is 12.5. The molecular formula is C11H9F6NO. The molecule has 0 aromatic heterocycles. The van der Waals surface area contributed by atoms with Crippen LogP contribution in [0.5, 0.6) is 0 Å². The van der Waals surface area contributed by atoms with E-state index in [4.69, 9.17) is 0 Å². The Hall–Kier alpha value is -1.73. The Balaban J connectivity index is 3.21. The second-order valence-corrected chi connectivity index (χ2v) is 3.82. The largest absolute Gasteiger partial charge is 0.404 e. The minimum Gasteiger partial charge on any atom is -0.326 e. The lowest BCUT2D eigenvalue weighted by Gasteiger charge is -2.23. The van der Waals surface area contributed by atoms with Crippen LogP contribution in [0.1, 0.15) is 18.4 Å². The Bertz CT molecular complexity index is 451. The van der Waals surface area contributed by atoms with Crippen molar-refractivity contribution in [2.75, 3.05) is 5.32 Å². The van der Waals surface area contributed by atoms with Crippen LogP contribution in [0.2, 0.25) is 0 Å². The van der Waals surface area contributed by atoms with E-state index in [2.05, 4.69) is 5.32 Å². The van der Waals surface area contributed by atoms with Crippen molar-refractivity contribution in [2.45, 2.75) is 25.2 Å². The molecule has 1 amide bonds. The SMILES string of the molecule is CC(=O)Nc1cccc(C(C(F)(F)F)C(F)(F)F)c1. The Labute approximate surface area is 104 Å². The van der Waals surface area contributed by atoms with Gasteiger partial charge in [-0.25, -0.2) is 0 Å². The number of halogens is 6. The van der Waals surface area contributed by atoms with Gasteiger partial charge in [-0.3, -0.25) is 4.79 Å². The monoisotopic (exact) mass is 285 g/mol. The van der Waals surface area contributed by atoms with Gasteiger partial charge >= 0.3 is 12.4 Å². The molecule has 0 radical (unpaired) electrons. The molecule has 0 unspecified atom stereocenters. The van der Waals surface area contributed by atoms with Crippen molar-refractivity contribution in [3.8, 4) is 0 Å². The summed E-state index contributed by atoms with van der Waals surface area (Å²) in [7, 11) is 0. The number of rotatable bonds is 2. The van der Waals surface area contributed by atoms with Gasteiger partial charge in [-0.15, -0.1) is 0 Å². The highest BCUT2D eigenvalue weighted by Crippen LogP contribution is 2.46. The molecule has 0 aliphatic rings. The standard InChI is InChI=1S/C11H9F6NO/c1-6(19)18-8-4-2-3-7(5-8)9(10(12,13)14)11(15,16)17/h2-5,9H,1H3,(H,18,19). The summed E-state index contributed by atoms with van der Waals surface area (Å²) in [6, 6.07) is 3.60. The van der Waals surface area contributed by atoms with Crippen LogP contribution in [-0.4, -0.2) is 18.3 Å². The predicted molar refractivity (Wildman–Crippen MR) is 55.6 cm³/mol. The van der Waals surface area contributed by atoms with Crippen LogP contribution < -0.4 is 5.32 Å². The molecule has 0 aliphatic heterocycles. The van der Waals surface area contributed by atoms with Gasteiger partial charge in [0.1, 0.15) is 0 Å². The van der Waals surface area contributed by atoms with E-state index in [1.807, 2.05) is 0 Å². The number of carbonyl (C=O) groups is 1. The fraction of sp³-hybridized carbons (Fsp3) is 0.364. The topological polar surface area (TPSA) is 29.1 Å². The Morgan fingerprint density at radius 3 is 2.05 bits per heavy atom. The molecule has 0 atom stereocenters. The molecule has 0 saturated carbocycles. The van der Waals surface area contributed by atoms with Crippen LogP contribution in [0, 0.1) is 0 Å². The van der Waals surface area contributed by atoms with Crippen molar-refractivity contribution in [3.63, 3.8) is 0 Å². The fourth-order valence-electron chi connectivity index (χ4n) is 1.56. The zero-order valence-corrected chi connectivity index (χ0v) is 9.56. The van der Waals surface area contributed by atoms with Crippen molar-refractivity contribution in [3.05, 3.63) is 29.8 Å². The average molecular weight is 285 g/mol. The molecule has 1 aromatic rings. The van der Waals surface area contributed by atoms with Crippen LogP contribution in [-0.2, 0) is 4.79 Å². The molecule has 1 rings (SSSR count). The van der Waals surface area contributed by atoms with E-state index in [1.54, 1.807) is 0 Å². The van der Waals surface area contributed by atoms with Gasteiger partial charge in [0.2, 0.25) is 5.91 Å². The number of benzene rings is 1. The molecule has 0 aliphatic carbocycles. The number of amides is 1. The highest BCUT2D eigenvalue weighted by Gasteiger charge is 2.57. The molecule has 8 heteroatoms. The molecule has 0 fully saturated rings. The van der Waals surface area contributed by atoms with E-state index >= 15 is 0 Å². The molecule has 0 saturated heterocycles. The molecular weight excluding hydrogens is 276 g/mol. The first kappa shape index (κ1) is 15.3. The van der Waals surface area contributed by atoms with E-state index in [0.717, 1.165) is 19.1 Å². The Morgan fingerprint density at radius 1 is 1.11 bits per heavy atom. The molecule has 2 nitrogen and oxygen atoms in total. The predicted octanol–water partition coefficient (Wildman–Crippen LogP) is 3.85. The Morgan fingerprint density at radius 2 is 1.63 bits per heavy atom. The summed E-state index contributed by atoms with van der Waals surface area (Å²) in [6.07, 6.45) is -10.9. The smallest absolute Gasteiger partial charge is 0.326 e. The fourth-order valence-corrected chi connectivity index (χ4v) is 1.56. The van der Waals surface area contributed by atoms with Crippen LogP contribution >= 0.6 is 0 Å². The number of hydrogen-bond acceptors (Lipinski definition) is 1. The van der Waals surface area contributed by atoms with Gasteiger partial charge in [0.15, 0.2) is 5.92 Å². The summed E-state index contributed by atoms with van der Waals surface area (Å²) in [5, 5.41) is 2.13. The van der Waals surface area contributed by atoms with Gasteiger partial charge in [0.25, 0.3) is 0 Å². The van der Waals surface area contributed by atoms with E-state index < -0.39 is 29.7 Å². The molecule has 0 heterocycles. The lowest BCUT2D eigenvalue weighted by molar-refractivity contribution is -0.253. The third kappa shape index (κ3) is 4.15. The minimum atomic E-state index is -5.45. The van der Waals surface area contributed by atoms with Crippen molar-refractivity contribution in [2.24, 2.45) is 0 Å². The van der Waals surface area contributed by atoms with Crippen LogP contribution in [0.3, 0.4) is 0 Å². The zero-order chi connectivity index (χ0) is 14.8. The van der Waals surface area contributed by atoms with Crippen LogP contribution in [0.25, 0.3) is 0 Å². The summed E-state index contributed by atoms with van der Waals surface area (Å²) in [4.78, 5) is 10.7. The van der Waals surface area contributed by atoms with Crippen molar-refractivity contribution in [1.82, 2.24) is 0 Å².